The molecule has 8 nitrogen and oxygen atoms in total. The number of benzene rings is 2. The molecular formula is C23H20F3N3O5S. The lowest BCUT2D eigenvalue weighted by Crippen LogP contribution is -2.20. The Labute approximate surface area is 203 Å². The van der Waals surface area contributed by atoms with Crippen LogP contribution in [0.25, 0.3) is 6.08 Å². The third kappa shape index (κ3) is 6.98. The third-order valence-electron chi connectivity index (χ3n) is 4.50. The summed E-state index contributed by atoms with van der Waals surface area (Å²) >= 11 is 1.13. The van der Waals surface area contributed by atoms with Gasteiger partial charge in [-0.05, 0) is 53.7 Å². The van der Waals surface area contributed by atoms with E-state index in [1.54, 1.807) is 18.2 Å². The number of carbonyl (C=O) groups is 1. The Morgan fingerprint density at radius 1 is 1.17 bits per heavy atom. The number of nitriles is 1. The van der Waals surface area contributed by atoms with Gasteiger partial charge in [0.2, 0.25) is 0 Å². The minimum absolute atomic E-state index is 0.0264. The maximum absolute atomic E-state index is 13.4. The molecule has 0 atom stereocenters. The summed E-state index contributed by atoms with van der Waals surface area (Å²) in [6.45, 7) is 0.734. The standard InChI is InChI=1S/C23H20F3N3O5S/c1-32-19-11-14(12-20-21(31)29-22(35-20)28-6-8-33-9-7-30)2-5-18(19)34-17-4-3-15(13-27)10-16(17)23(24,25)26/h2-5,10-12,30H,6-9H2,1H3,(H,28,29,31)/b20-12-. The molecule has 35 heavy (non-hydrogen) atoms. The second-order valence-electron chi connectivity index (χ2n) is 6.92. The lowest BCUT2D eigenvalue weighted by atomic mass is 10.1. The number of hydrogen-bond acceptors (Lipinski definition) is 8. The van der Waals surface area contributed by atoms with Gasteiger partial charge < -0.3 is 24.6 Å². The van der Waals surface area contributed by atoms with Crippen molar-refractivity contribution in [2.24, 2.45) is 4.99 Å². The van der Waals surface area contributed by atoms with Crippen LogP contribution >= 0.6 is 11.8 Å². The molecule has 1 aliphatic heterocycles. The fraction of sp³-hybridized carbons (Fsp3) is 0.261. The van der Waals surface area contributed by atoms with E-state index < -0.39 is 17.5 Å². The van der Waals surface area contributed by atoms with E-state index in [0.717, 1.165) is 17.8 Å². The first-order valence-corrected chi connectivity index (χ1v) is 11.0. The quantitative estimate of drug-likeness (QED) is 0.390. The zero-order valence-corrected chi connectivity index (χ0v) is 19.2. The van der Waals surface area contributed by atoms with Gasteiger partial charge in [0.15, 0.2) is 16.7 Å². The lowest BCUT2D eigenvalue weighted by Gasteiger charge is -2.16. The molecule has 3 rings (SSSR count). The molecule has 1 heterocycles. The van der Waals surface area contributed by atoms with E-state index in [9.17, 15) is 18.0 Å². The van der Waals surface area contributed by atoms with Crippen molar-refractivity contribution in [3.8, 4) is 23.3 Å². The molecular weight excluding hydrogens is 487 g/mol. The van der Waals surface area contributed by atoms with E-state index in [1.165, 1.54) is 25.3 Å². The highest BCUT2D eigenvalue weighted by atomic mass is 32.2. The van der Waals surface area contributed by atoms with Crippen LogP contribution in [0.3, 0.4) is 0 Å². The van der Waals surface area contributed by atoms with Crippen molar-refractivity contribution in [3.63, 3.8) is 0 Å². The summed E-state index contributed by atoms with van der Waals surface area (Å²) in [5.74, 6) is -0.652. The molecule has 12 heteroatoms. The van der Waals surface area contributed by atoms with Gasteiger partial charge in [-0.15, -0.1) is 0 Å². The lowest BCUT2D eigenvalue weighted by molar-refractivity contribution is -0.138. The molecule has 1 saturated heterocycles. The predicted molar refractivity (Wildman–Crippen MR) is 123 cm³/mol. The molecule has 0 aromatic heterocycles. The number of carbonyl (C=O) groups excluding carboxylic acids is 1. The number of aliphatic hydroxyl groups is 1. The van der Waals surface area contributed by atoms with Gasteiger partial charge in [-0.2, -0.15) is 18.4 Å². The molecule has 0 spiro atoms. The van der Waals surface area contributed by atoms with E-state index >= 15 is 0 Å². The van der Waals surface area contributed by atoms with Gasteiger partial charge in [0.05, 0.1) is 55.6 Å². The SMILES string of the molecule is COc1cc(/C=C2\SC(=NCCOCCO)NC2=O)ccc1Oc1ccc(C#N)cc1C(F)(F)F. The first kappa shape index (κ1) is 26.1. The van der Waals surface area contributed by atoms with Gasteiger partial charge in [-0.25, -0.2) is 0 Å². The average Bonchev–Trinajstić information content (AvgIpc) is 3.18. The van der Waals surface area contributed by atoms with E-state index in [4.69, 9.17) is 24.6 Å². The number of aliphatic imine (C=N–C) groups is 1. The monoisotopic (exact) mass is 507 g/mol. The van der Waals surface area contributed by atoms with Crippen LogP contribution in [0.1, 0.15) is 16.7 Å². The number of amidine groups is 1. The Kier molecular flexibility index (Phi) is 8.75. The maximum atomic E-state index is 13.4. The fourth-order valence-corrected chi connectivity index (χ4v) is 3.76. The Bertz CT molecular complexity index is 1190. The number of hydrogen-bond donors (Lipinski definition) is 2. The molecule has 0 saturated carbocycles. The number of thioether (sulfide) groups is 1. The van der Waals surface area contributed by atoms with Crippen LogP contribution in [0.2, 0.25) is 0 Å². The van der Waals surface area contributed by atoms with E-state index in [1.807, 2.05) is 0 Å². The zero-order chi connectivity index (χ0) is 25.4. The van der Waals surface area contributed by atoms with Crippen LogP contribution < -0.4 is 14.8 Å². The molecule has 1 fully saturated rings. The molecule has 0 aliphatic carbocycles. The Balaban J connectivity index is 1.79. The number of ether oxygens (including phenoxy) is 3. The van der Waals surface area contributed by atoms with Crippen molar-refractivity contribution in [2.75, 3.05) is 33.5 Å². The van der Waals surface area contributed by atoms with Crippen LogP contribution in [0.5, 0.6) is 17.2 Å². The summed E-state index contributed by atoms with van der Waals surface area (Å²) in [7, 11) is 1.34. The highest BCUT2D eigenvalue weighted by Crippen LogP contribution is 2.41. The summed E-state index contributed by atoms with van der Waals surface area (Å²) in [4.78, 5) is 16.8. The summed E-state index contributed by atoms with van der Waals surface area (Å²) in [6, 6.07) is 9.20. The molecule has 0 unspecified atom stereocenters. The molecule has 2 aromatic rings. The number of nitrogens with one attached hydrogen (secondary N) is 1. The van der Waals surface area contributed by atoms with Crippen molar-refractivity contribution < 1.29 is 37.3 Å². The van der Waals surface area contributed by atoms with Gasteiger partial charge in [0.25, 0.3) is 5.91 Å². The molecule has 1 amide bonds. The average molecular weight is 507 g/mol. The summed E-state index contributed by atoms with van der Waals surface area (Å²) in [6.07, 6.45) is -3.14. The zero-order valence-electron chi connectivity index (χ0n) is 18.4. The van der Waals surface area contributed by atoms with Gasteiger partial charge in [0, 0.05) is 0 Å². The molecule has 184 valence electrons. The minimum atomic E-state index is -4.73. The second kappa shape index (κ2) is 11.7. The minimum Gasteiger partial charge on any atom is -0.493 e. The maximum Gasteiger partial charge on any atom is 0.420 e. The molecule has 0 bridgehead atoms. The fourth-order valence-electron chi connectivity index (χ4n) is 2.92. The largest absolute Gasteiger partial charge is 0.493 e. The Morgan fingerprint density at radius 2 is 1.94 bits per heavy atom. The highest BCUT2D eigenvalue weighted by molar-refractivity contribution is 8.18. The number of halogens is 3. The van der Waals surface area contributed by atoms with Gasteiger partial charge in [-0.1, -0.05) is 6.07 Å². The van der Waals surface area contributed by atoms with E-state index in [2.05, 4.69) is 10.3 Å². The summed E-state index contributed by atoms with van der Waals surface area (Å²) < 4.78 is 56.2. The van der Waals surface area contributed by atoms with E-state index in [0.29, 0.717) is 34.9 Å². The van der Waals surface area contributed by atoms with Crippen LogP contribution in [-0.2, 0) is 15.7 Å². The van der Waals surface area contributed by atoms with Gasteiger partial charge >= 0.3 is 6.18 Å². The topological polar surface area (TPSA) is 113 Å². The summed E-state index contributed by atoms with van der Waals surface area (Å²) in [5, 5.41) is 20.6. The highest BCUT2D eigenvalue weighted by Gasteiger charge is 2.35. The number of amides is 1. The number of rotatable bonds is 9. The van der Waals surface area contributed by atoms with Gasteiger partial charge in [-0.3, -0.25) is 9.79 Å². The Morgan fingerprint density at radius 3 is 2.63 bits per heavy atom. The van der Waals surface area contributed by atoms with Crippen molar-refractivity contribution >= 4 is 28.9 Å². The molecule has 0 radical (unpaired) electrons. The number of nitrogens with zero attached hydrogens (tertiary/aromatic N) is 2. The second-order valence-corrected chi connectivity index (χ2v) is 7.95. The van der Waals surface area contributed by atoms with Crippen molar-refractivity contribution in [2.45, 2.75) is 6.18 Å². The van der Waals surface area contributed by atoms with E-state index in [-0.39, 0.29) is 36.2 Å². The van der Waals surface area contributed by atoms with Crippen molar-refractivity contribution in [1.29, 1.82) is 5.26 Å². The molecule has 1 aliphatic rings. The van der Waals surface area contributed by atoms with Crippen molar-refractivity contribution in [3.05, 3.63) is 58.0 Å². The first-order chi connectivity index (χ1) is 16.7. The third-order valence-corrected chi connectivity index (χ3v) is 5.44. The number of alkyl halides is 3. The van der Waals surface area contributed by atoms with Crippen LogP contribution in [0.15, 0.2) is 46.3 Å². The van der Waals surface area contributed by atoms with Gasteiger partial charge in [0.1, 0.15) is 5.75 Å². The van der Waals surface area contributed by atoms with Crippen LogP contribution in [0, 0.1) is 11.3 Å². The first-order valence-electron chi connectivity index (χ1n) is 10.2. The predicted octanol–water partition coefficient (Wildman–Crippen LogP) is 3.95. The van der Waals surface area contributed by atoms with Crippen LogP contribution in [-0.4, -0.2) is 49.7 Å². The molecule has 2 aromatic carbocycles. The normalized spacial score (nSPS) is 15.8. The van der Waals surface area contributed by atoms with Crippen molar-refractivity contribution in [1.82, 2.24) is 5.32 Å². The number of methoxy groups -OCH3 is 1. The Hall–Kier alpha value is -3.53. The smallest absolute Gasteiger partial charge is 0.420 e. The van der Waals surface area contributed by atoms with Crippen LogP contribution in [0.4, 0.5) is 13.2 Å². The summed E-state index contributed by atoms with van der Waals surface area (Å²) in [5.41, 5.74) is -0.681. The number of aliphatic hydroxyl groups excluding tert-OH is 1. The molecule has 2 N–H and O–H groups in total.